The van der Waals surface area contributed by atoms with Crippen LogP contribution in [0.2, 0.25) is 0 Å². The highest BCUT2D eigenvalue weighted by Crippen LogP contribution is 2.49. The number of fused-ring (bicyclic) bond motifs is 4. The zero-order valence-corrected chi connectivity index (χ0v) is 14.1. The lowest BCUT2D eigenvalue weighted by Gasteiger charge is -2.54. The van der Waals surface area contributed by atoms with Crippen LogP contribution in [-0.2, 0) is 18.4 Å². The molecule has 3 atom stereocenters. The first kappa shape index (κ1) is 14.8. The number of nitrogens with zero attached hydrogens (tertiary/aromatic N) is 1. The predicted molar refractivity (Wildman–Crippen MR) is 96.3 cm³/mol. The van der Waals surface area contributed by atoms with Gasteiger partial charge in [0.15, 0.2) is 0 Å². The molecule has 2 heteroatoms. The maximum absolute atomic E-state index is 6.07. The van der Waals surface area contributed by atoms with Gasteiger partial charge in [0.2, 0.25) is 0 Å². The SMILES string of the molecule is C[C@H]1[C@H]2Cc3ccc(N)cc3[C@]1(C)CCN2Cc1ccccc1. The Kier molecular flexibility index (Phi) is 3.46. The van der Waals surface area contributed by atoms with E-state index in [1.54, 1.807) is 0 Å². The molecule has 0 radical (unpaired) electrons. The van der Waals surface area contributed by atoms with Crippen molar-refractivity contribution in [2.75, 3.05) is 12.3 Å². The molecule has 2 nitrogen and oxygen atoms in total. The second-order valence-electron chi connectivity index (χ2n) is 7.60. The number of rotatable bonds is 2. The molecule has 0 saturated carbocycles. The number of nitrogens with two attached hydrogens (primary N) is 1. The summed E-state index contributed by atoms with van der Waals surface area (Å²) < 4.78 is 0. The smallest absolute Gasteiger partial charge is 0.0317 e. The van der Waals surface area contributed by atoms with Crippen LogP contribution in [0.1, 0.15) is 37.0 Å². The highest BCUT2D eigenvalue weighted by Gasteiger charge is 2.48. The van der Waals surface area contributed by atoms with E-state index in [-0.39, 0.29) is 5.41 Å². The molecule has 2 aromatic rings. The Hall–Kier alpha value is -1.80. The van der Waals surface area contributed by atoms with Crippen molar-refractivity contribution >= 4 is 5.69 Å². The molecule has 1 aliphatic carbocycles. The molecule has 0 spiro atoms. The van der Waals surface area contributed by atoms with Crippen LogP contribution in [0.3, 0.4) is 0 Å². The van der Waals surface area contributed by atoms with E-state index < -0.39 is 0 Å². The van der Waals surface area contributed by atoms with Crippen molar-refractivity contribution in [1.82, 2.24) is 4.90 Å². The lowest BCUT2D eigenvalue weighted by molar-refractivity contribution is 0.0259. The second-order valence-corrected chi connectivity index (χ2v) is 7.60. The van der Waals surface area contributed by atoms with Crippen molar-refractivity contribution in [3.63, 3.8) is 0 Å². The van der Waals surface area contributed by atoms with Crippen molar-refractivity contribution in [2.45, 2.75) is 44.7 Å². The maximum Gasteiger partial charge on any atom is 0.0317 e. The van der Waals surface area contributed by atoms with Crippen LogP contribution >= 0.6 is 0 Å². The molecule has 0 aromatic heterocycles. The minimum Gasteiger partial charge on any atom is -0.399 e. The average Bonchev–Trinajstić information content (AvgIpc) is 2.55. The molecule has 0 unspecified atom stereocenters. The number of likely N-dealkylation sites (tertiary alicyclic amines) is 1. The number of benzene rings is 2. The van der Waals surface area contributed by atoms with Gasteiger partial charge in [-0.15, -0.1) is 0 Å². The van der Waals surface area contributed by atoms with E-state index in [1.807, 2.05) is 0 Å². The molecule has 1 aliphatic heterocycles. The minimum absolute atomic E-state index is 0.265. The number of nitrogen functional groups attached to an aromatic ring is 1. The quantitative estimate of drug-likeness (QED) is 0.850. The number of hydrogen-bond acceptors (Lipinski definition) is 2. The minimum atomic E-state index is 0.265. The summed E-state index contributed by atoms with van der Waals surface area (Å²) in [6.07, 6.45) is 2.37. The molecule has 120 valence electrons. The van der Waals surface area contributed by atoms with Crippen LogP contribution in [0, 0.1) is 5.92 Å². The van der Waals surface area contributed by atoms with E-state index >= 15 is 0 Å². The predicted octanol–water partition coefficient (Wildman–Crippen LogP) is 3.99. The molecule has 1 heterocycles. The Morgan fingerprint density at radius 1 is 1.17 bits per heavy atom. The number of anilines is 1. The van der Waals surface area contributed by atoms with E-state index in [0.29, 0.717) is 12.0 Å². The van der Waals surface area contributed by atoms with Gasteiger partial charge in [0.25, 0.3) is 0 Å². The summed E-state index contributed by atoms with van der Waals surface area (Å²) in [5.41, 5.74) is 11.7. The Morgan fingerprint density at radius 2 is 1.96 bits per heavy atom. The van der Waals surface area contributed by atoms with Crippen LogP contribution in [0.15, 0.2) is 48.5 Å². The molecular weight excluding hydrogens is 280 g/mol. The largest absolute Gasteiger partial charge is 0.399 e. The van der Waals surface area contributed by atoms with Gasteiger partial charge in [-0.2, -0.15) is 0 Å². The zero-order chi connectivity index (χ0) is 16.0. The summed E-state index contributed by atoms with van der Waals surface area (Å²) >= 11 is 0. The van der Waals surface area contributed by atoms with Crippen molar-refractivity contribution in [2.24, 2.45) is 5.92 Å². The van der Waals surface area contributed by atoms with Crippen LogP contribution in [0.5, 0.6) is 0 Å². The van der Waals surface area contributed by atoms with Gasteiger partial charge in [0.1, 0.15) is 0 Å². The van der Waals surface area contributed by atoms with Gasteiger partial charge in [0, 0.05) is 18.3 Å². The van der Waals surface area contributed by atoms with Crippen molar-refractivity contribution in [3.8, 4) is 0 Å². The third kappa shape index (κ3) is 2.36. The molecule has 1 saturated heterocycles. The standard InChI is InChI=1S/C21H26N2/c1-15-20-12-17-8-9-18(22)13-19(17)21(15,2)10-11-23(20)14-16-6-4-3-5-7-16/h3-9,13,15,20H,10-12,14,22H2,1-2H3/t15-,20+,21+/m0/s1. The fourth-order valence-corrected chi connectivity index (χ4v) is 4.74. The molecule has 1 fully saturated rings. The molecule has 23 heavy (non-hydrogen) atoms. The zero-order valence-electron chi connectivity index (χ0n) is 14.1. The second kappa shape index (κ2) is 5.38. The van der Waals surface area contributed by atoms with Gasteiger partial charge in [-0.3, -0.25) is 4.90 Å². The third-order valence-corrected chi connectivity index (χ3v) is 6.38. The van der Waals surface area contributed by atoms with Gasteiger partial charge in [-0.25, -0.2) is 0 Å². The van der Waals surface area contributed by atoms with E-state index in [4.69, 9.17) is 5.73 Å². The molecule has 2 bridgehead atoms. The molecule has 0 amide bonds. The lowest BCUT2D eigenvalue weighted by Crippen LogP contribution is -2.57. The first-order chi connectivity index (χ1) is 11.1. The molecule has 4 rings (SSSR count). The monoisotopic (exact) mass is 306 g/mol. The summed E-state index contributed by atoms with van der Waals surface area (Å²) in [5, 5.41) is 0. The van der Waals surface area contributed by atoms with Crippen molar-refractivity contribution in [3.05, 3.63) is 65.2 Å². The van der Waals surface area contributed by atoms with Gasteiger partial charge in [-0.05, 0) is 59.5 Å². The van der Waals surface area contributed by atoms with E-state index in [0.717, 1.165) is 18.7 Å². The van der Waals surface area contributed by atoms with E-state index in [1.165, 1.54) is 29.7 Å². The number of piperidine rings is 1. The maximum atomic E-state index is 6.07. The lowest BCUT2D eigenvalue weighted by atomic mass is 9.59. The summed E-state index contributed by atoms with van der Waals surface area (Å²) in [6, 6.07) is 18.1. The Balaban J connectivity index is 1.67. The van der Waals surface area contributed by atoms with Gasteiger partial charge >= 0.3 is 0 Å². The number of hydrogen-bond donors (Lipinski definition) is 1. The van der Waals surface area contributed by atoms with Crippen LogP contribution in [0.4, 0.5) is 5.69 Å². The summed E-state index contributed by atoms with van der Waals surface area (Å²) in [7, 11) is 0. The van der Waals surface area contributed by atoms with Gasteiger partial charge < -0.3 is 5.73 Å². The van der Waals surface area contributed by atoms with Crippen LogP contribution in [-0.4, -0.2) is 17.5 Å². The summed E-state index contributed by atoms with van der Waals surface area (Å²) in [6.45, 7) is 7.13. The Bertz CT molecular complexity index is 709. The Labute approximate surface area is 139 Å². The summed E-state index contributed by atoms with van der Waals surface area (Å²) in [4.78, 5) is 2.70. The first-order valence-corrected chi connectivity index (χ1v) is 8.75. The van der Waals surface area contributed by atoms with E-state index in [9.17, 15) is 0 Å². The van der Waals surface area contributed by atoms with Gasteiger partial charge in [-0.1, -0.05) is 50.2 Å². The van der Waals surface area contributed by atoms with Crippen molar-refractivity contribution in [1.29, 1.82) is 0 Å². The van der Waals surface area contributed by atoms with Gasteiger partial charge in [0.05, 0.1) is 0 Å². The van der Waals surface area contributed by atoms with Crippen LogP contribution < -0.4 is 5.73 Å². The average molecular weight is 306 g/mol. The highest BCUT2D eigenvalue weighted by molar-refractivity contribution is 5.50. The molecule has 2 aliphatic rings. The van der Waals surface area contributed by atoms with E-state index in [2.05, 4.69) is 67.3 Å². The van der Waals surface area contributed by atoms with Crippen molar-refractivity contribution < 1.29 is 0 Å². The van der Waals surface area contributed by atoms with Crippen LogP contribution in [0.25, 0.3) is 0 Å². The molecule has 2 N–H and O–H groups in total. The summed E-state index contributed by atoms with van der Waals surface area (Å²) in [5.74, 6) is 0.661. The first-order valence-electron chi connectivity index (χ1n) is 8.75. The Morgan fingerprint density at radius 3 is 2.74 bits per heavy atom. The normalized spacial score (nSPS) is 30.0. The third-order valence-electron chi connectivity index (χ3n) is 6.38. The topological polar surface area (TPSA) is 29.3 Å². The highest BCUT2D eigenvalue weighted by atomic mass is 15.2. The molecular formula is C21H26N2. The fraction of sp³-hybridized carbons (Fsp3) is 0.429. The fourth-order valence-electron chi connectivity index (χ4n) is 4.74. The molecule has 2 aromatic carbocycles.